The Hall–Kier alpha value is -2.08. The number of aryl methyl sites for hydroxylation is 1. The molecular formula is C20H28N2O3S. The minimum atomic E-state index is -0.118. The lowest BCUT2D eigenvalue weighted by molar-refractivity contribution is -0.114. The summed E-state index contributed by atoms with van der Waals surface area (Å²) in [5.74, 6) is 1.40. The van der Waals surface area contributed by atoms with Gasteiger partial charge >= 0.3 is 0 Å². The van der Waals surface area contributed by atoms with E-state index in [1.54, 1.807) is 0 Å². The average Bonchev–Trinajstić information content (AvgIpc) is 2.95. The quantitative estimate of drug-likeness (QED) is 0.561. The van der Waals surface area contributed by atoms with Crippen LogP contribution < -0.4 is 14.8 Å². The lowest BCUT2D eigenvalue weighted by Gasteiger charge is -2.13. The van der Waals surface area contributed by atoms with Crippen molar-refractivity contribution in [1.82, 2.24) is 4.98 Å². The Labute approximate surface area is 159 Å². The van der Waals surface area contributed by atoms with Gasteiger partial charge in [-0.05, 0) is 44.0 Å². The maximum Gasteiger partial charge on any atom is 0.223 e. The Morgan fingerprint density at radius 2 is 1.96 bits per heavy atom. The molecule has 0 aliphatic rings. The normalized spacial score (nSPS) is 10.6. The molecule has 5 nitrogen and oxygen atoms in total. The van der Waals surface area contributed by atoms with E-state index in [9.17, 15) is 4.79 Å². The third-order valence-corrected chi connectivity index (χ3v) is 4.96. The van der Waals surface area contributed by atoms with Gasteiger partial charge in [0.2, 0.25) is 5.91 Å². The number of nitrogens with one attached hydrogen (secondary N) is 1. The van der Waals surface area contributed by atoms with Crippen LogP contribution in [0.15, 0.2) is 18.2 Å². The van der Waals surface area contributed by atoms with Crippen LogP contribution in [0.1, 0.15) is 52.1 Å². The third kappa shape index (κ3) is 5.73. The van der Waals surface area contributed by atoms with Crippen LogP contribution in [0.5, 0.6) is 11.5 Å². The molecule has 0 spiro atoms. The van der Waals surface area contributed by atoms with Gasteiger partial charge in [-0.1, -0.05) is 37.5 Å². The van der Waals surface area contributed by atoms with Crippen LogP contribution in [0, 0.1) is 6.92 Å². The molecule has 0 unspecified atom stereocenters. The number of hydrogen-bond donors (Lipinski definition) is 1. The maximum atomic E-state index is 11.2. The second-order valence-electron chi connectivity index (χ2n) is 6.12. The van der Waals surface area contributed by atoms with Crippen LogP contribution in [0.4, 0.5) is 5.13 Å². The molecular weight excluding hydrogens is 348 g/mol. The molecule has 26 heavy (non-hydrogen) atoms. The topological polar surface area (TPSA) is 60.5 Å². The van der Waals surface area contributed by atoms with Gasteiger partial charge in [-0.2, -0.15) is 0 Å². The molecule has 0 atom stereocenters. The lowest BCUT2D eigenvalue weighted by Crippen LogP contribution is -2.04. The molecule has 142 valence electrons. The second-order valence-corrected chi connectivity index (χ2v) is 7.12. The summed E-state index contributed by atoms with van der Waals surface area (Å²) in [7, 11) is 0. The standard InChI is InChI=1S/C20H28N2O3S/c1-5-7-8-9-12-25-17-11-10-16(13-18(17)24-6-2)19-14(3)21-20(26-19)22-15(4)23/h10-11,13H,5-9,12H2,1-4H3,(H,21,22,23). The highest BCUT2D eigenvalue weighted by Gasteiger charge is 2.14. The van der Waals surface area contributed by atoms with E-state index in [0.29, 0.717) is 18.3 Å². The number of benzene rings is 1. The molecule has 1 amide bonds. The van der Waals surface area contributed by atoms with Gasteiger partial charge in [0, 0.05) is 6.92 Å². The van der Waals surface area contributed by atoms with Crippen molar-refractivity contribution >= 4 is 22.4 Å². The number of thiazole rings is 1. The summed E-state index contributed by atoms with van der Waals surface area (Å²) in [4.78, 5) is 16.7. The first-order valence-corrected chi connectivity index (χ1v) is 10.0. The van der Waals surface area contributed by atoms with Crippen molar-refractivity contribution in [1.29, 1.82) is 0 Å². The number of ether oxygens (including phenoxy) is 2. The number of carbonyl (C=O) groups is 1. The van der Waals surface area contributed by atoms with Crippen LogP contribution in [-0.4, -0.2) is 24.1 Å². The molecule has 1 N–H and O–H groups in total. The minimum absolute atomic E-state index is 0.118. The molecule has 0 fully saturated rings. The number of aromatic nitrogens is 1. The van der Waals surface area contributed by atoms with Crippen LogP contribution in [0.2, 0.25) is 0 Å². The van der Waals surface area contributed by atoms with E-state index in [-0.39, 0.29) is 5.91 Å². The van der Waals surface area contributed by atoms with Crippen molar-refractivity contribution in [2.45, 2.75) is 53.4 Å². The van der Waals surface area contributed by atoms with E-state index in [2.05, 4.69) is 17.2 Å². The zero-order chi connectivity index (χ0) is 18.9. The molecule has 2 rings (SSSR count). The van der Waals surface area contributed by atoms with Crippen molar-refractivity contribution in [3.8, 4) is 21.9 Å². The van der Waals surface area contributed by atoms with Gasteiger partial charge in [-0.15, -0.1) is 0 Å². The molecule has 0 saturated carbocycles. The number of amides is 1. The van der Waals surface area contributed by atoms with E-state index < -0.39 is 0 Å². The van der Waals surface area contributed by atoms with Crippen LogP contribution in [0.3, 0.4) is 0 Å². The predicted molar refractivity (Wildman–Crippen MR) is 107 cm³/mol. The Kier molecular flexibility index (Phi) is 7.91. The molecule has 6 heteroatoms. The number of unbranched alkanes of at least 4 members (excludes halogenated alkanes) is 3. The highest BCUT2D eigenvalue weighted by atomic mass is 32.1. The zero-order valence-corrected chi connectivity index (χ0v) is 16.9. The van der Waals surface area contributed by atoms with Gasteiger partial charge in [-0.3, -0.25) is 4.79 Å². The van der Waals surface area contributed by atoms with Crippen molar-refractivity contribution < 1.29 is 14.3 Å². The highest BCUT2D eigenvalue weighted by Crippen LogP contribution is 2.38. The second kappa shape index (κ2) is 10.2. The molecule has 1 aromatic heterocycles. The van der Waals surface area contributed by atoms with Crippen molar-refractivity contribution in [2.24, 2.45) is 0 Å². The largest absolute Gasteiger partial charge is 0.490 e. The van der Waals surface area contributed by atoms with Gasteiger partial charge in [0.1, 0.15) is 0 Å². The molecule has 0 saturated heterocycles. The zero-order valence-electron chi connectivity index (χ0n) is 16.1. The van der Waals surface area contributed by atoms with Gasteiger partial charge in [0.05, 0.1) is 23.8 Å². The van der Waals surface area contributed by atoms with Gasteiger partial charge in [0.15, 0.2) is 16.6 Å². The van der Waals surface area contributed by atoms with Crippen LogP contribution in [0.25, 0.3) is 10.4 Å². The minimum Gasteiger partial charge on any atom is -0.490 e. The van der Waals surface area contributed by atoms with E-state index in [0.717, 1.165) is 34.1 Å². The number of carbonyl (C=O) groups excluding carboxylic acids is 1. The van der Waals surface area contributed by atoms with Gasteiger partial charge in [-0.25, -0.2) is 4.98 Å². The fraction of sp³-hybridized carbons (Fsp3) is 0.500. The van der Waals surface area contributed by atoms with Crippen molar-refractivity contribution in [3.05, 3.63) is 23.9 Å². The van der Waals surface area contributed by atoms with Crippen molar-refractivity contribution in [2.75, 3.05) is 18.5 Å². The summed E-state index contributed by atoms with van der Waals surface area (Å²) in [6.45, 7) is 8.86. The Morgan fingerprint density at radius 1 is 1.15 bits per heavy atom. The monoisotopic (exact) mass is 376 g/mol. The molecule has 1 aromatic carbocycles. The molecule has 1 heterocycles. The smallest absolute Gasteiger partial charge is 0.223 e. The SMILES string of the molecule is CCCCCCOc1ccc(-c2sc(NC(C)=O)nc2C)cc1OCC. The Morgan fingerprint density at radius 3 is 2.65 bits per heavy atom. The fourth-order valence-electron chi connectivity index (χ4n) is 2.62. The first kappa shape index (κ1) is 20.2. The summed E-state index contributed by atoms with van der Waals surface area (Å²) in [6, 6.07) is 5.96. The summed E-state index contributed by atoms with van der Waals surface area (Å²) in [6.07, 6.45) is 4.69. The summed E-state index contributed by atoms with van der Waals surface area (Å²) in [5, 5.41) is 3.35. The van der Waals surface area contributed by atoms with Crippen molar-refractivity contribution in [3.63, 3.8) is 0 Å². The third-order valence-electron chi connectivity index (χ3n) is 3.84. The lowest BCUT2D eigenvalue weighted by atomic mass is 10.1. The average molecular weight is 377 g/mol. The molecule has 0 aliphatic carbocycles. The summed E-state index contributed by atoms with van der Waals surface area (Å²) >= 11 is 1.46. The summed E-state index contributed by atoms with van der Waals surface area (Å²) in [5.41, 5.74) is 1.90. The molecule has 0 bridgehead atoms. The van der Waals surface area contributed by atoms with E-state index in [4.69, 9.17) is 9.47 Å². The predicted octanol–water partition coefficient (Wildman–Crippen LogP) is 5.43. The summed E-state index contributed by atoms with van der Waals surface area (Å²) < 4.78 is 11.7. The number of nitrogens with zero attached hydrogens (tertiary/aromatic N) is 1. The number of anilines is 1. The van der Waals surface area contributed by atoms with Crippen LogP contribution >= 0.6 is 11.3 Å². The fourth-order valence-corrected chi connectivity index (χ4v) is 3.62. The van der Waals surface area contributed by atoms with E-state index >= 15 is 0 Å². The van der Waals surface area contributed by atoms with Gasteiger partial charge < -0.3 is 14.8 Å². The number of hydrogen-bond acceptors (Lipinski definition) is 5. The first-order chi connectivity index (χ1) is 12.5. The molecule has 2 aromatic rings. The van der Waals surface area contributed by atoms with E-state index in [1.807, 2.05) is 32.0 Å². The Bertz CT molecular complexity index is 728. The van der Waals surface area contributed by atoms with Gasteiger partial charge in [0.25, 0.3) is 0 Å². The molecule has 0 aliphatic heterocycles. The highest BCUT2D eigenvalue weighted by molar-refractivity contribution is 7.19. The maximum absolute atomic E-state index is 11.2. The first-order valence-electron chi connectivity index (χ1n) is 9.20. The Balaban J connectivity index is 2.16. The van der Waals surface area contributed by atoms with Crippen LogP contribution in [-0.2, 0) is 4.79 Å². The molecule has 0 radical (unpaired) electrons. The van der Waals surface area contributed by atoms with E-state index in [1.165, 1.54) is 37.5 Å². The number of rotatable bonds is 10.